The molecule has 0 aliphatic rings. The van der Waals surface area contributed by atoms with E-state index in [2.05, 4.69) is 10.3 Å². The van der Waals surface area contributed by atoms with E-state index in [4.69, 9.17) is 10.8 Å². The number of hydrogen-bond acceptors (Lipinski definition) is 4. The summed E-state index contributed by atoms with van der Waals surface area (Å²) in [6, 6.07) is 1.99. The molecule has 0 unspecified atom stereocenters. The minimum Gasteiger partial charge on any atom is -0.480 e. The number of aromatic nitrogens is 1. The molecule has 4 N–H and O–H groups in total. The van der Waals surface area contributed by atoms with Crippen molar-refractivity contribution in [3.8, 4) is 0 Å². The number of carbonyl (C=O) groups is 3. The number of hydrogen-bond donors (Lipinski definition) is 3. The van der Waals surface area contributed by atoms with Crippen molar-refractivity contribution in [2.45, 2.75) is 18.9 Å². The zero-order valence-corrected chi connectivity index (χ0v) is 9.50. The number of nitrogens with one attached hydrogen (secondary N) is 1. The van der Waals surface area contributed by atoms with Crippen molar-refractivity contribution in [2.75, 3.05) is 0 Å². The molecule has 0 saturated carbocycles. The van der Waals surface area contributed by atoms with Gasteiger partial charge in [0.2, 0.25) is 11.8 Å². The molecule has 0 spiro atoms. The highest BCUT2D eigenvalue weighted by Gasteiger charge is 2.21. The monoisotopic (exact) mass is 251 g/mol. The van der Waals surface area contributed by atoms with Crippen molar-refractivity contribution in [1.29, 1.82) is 0 Å². The number of rotatable bonds is 6. The lowest BCUT2D eigenvalue weighted by Crippen LogP contribution is -2.43. The van der Waals surface area contributed by atoms with Crippen LogP contribution in [0.25, 0.3) is 0 Å². The predicted molar refractivity (Wildman–Crippen MR) is 61.3 cm³/mol. The molecule has 0 aliphatic heterocycles. The second-order valence-corrected chi connectivity index (χ2v) is 3.66. The minimum absolute atomic E-state index is 0.0189. The SMILES string of the molecule is NC(=O)C[C@H](NC(=O)Cc1ccncc1)C(=O)O. The molecule has 0 aliphatic carbocycles. The first-order valence-corrected chi connectivity index (χ1v) is 5.18. The third-order valence-electron chi connectivity index (χ3n) is 2.15. The van der Waals surface area contributed by atoms with Gasteiger partial charge in [0.15, 0.2) is 0 Å². The van der Waals surface area contributed by atoms with Gasteiger partial charge < -0.3 is 16.2 Å². The summed E-state index contributed by atoms with van der Waals surface area (Å²) in [6.45, 7) is 0. The molecular formula is C11H13N3O4. The van der Waals surface area contributed by atoms with E-state index in [-0.39, 0.29) is 6.42 Å². The minimum atomic E-state index is -1.29. The molecule has 1 heterocycles. The molecule has 0 saturated heterocycles. The highest BCUT2D eigenvalue weighted by atomic mass is 16.4. The van der Waals surface area contributed by atoms with Gasteiger partial charge in [0.05, 0.1) is 12.8 Å². The number of amides is 2. The summed E-state index contributed by atoms with van der Waals surface area (Å²) in [5.74, 6) is -2.57. The van der Waals surface area contributed by atoms with Gasteiger partial charge >= 0.3 is 5.97 Å². The van der Waals surface area contributed by atoms with Crippen LogP contribution in [0.1, 0.15) is 12.0 Å². The van der Waals surface area contributed by atoms with E-state index in [9.17, 15) is 14.4 Å². The first-order chi connectivity index (χ1) is 8.49. The number of carboxylic acid groups (broad SMARTS) is 1. The van der Waals surface area contributed by atoms with Crippen molar-refractivity contribution < 1.29 is 19.5 Å². The molecule has 0 bridgehead atoms. The van der Waals surface area contributed by atoms with Gasteiger partial charge in [-0.1, -0.05) is 0 Å². The van der Waals surface area contributed by atoms with Gasteiger partial charge in [0, 0.05) is 12.4 Å². The van der Waals surface area contributed by atoms with Crippen molar-refractivity contribution in [1.82, 2.24) is 10.3 Å². The van der Waals surface area contributed by atoms with Crippen molar-refractivity contribution >= 4 is 17.8 Å². The van der Waals surface area contributed by atoms with Gasteiger partial charge in [-0.05, 0) is 17.7 Å². The zero-order chi connectivity index (χ0) is 13.5. The molecule has 7 nitrogen and oxygen atoms in total. The Bertz CT molecular complexity index is 447. The average molecular weight is 251 g/mol. The molecule has 1 aromatic rings. The largest absolute Gasteiger partial charge is 0.480 e. The van der Waals surface area contributed by atoms with Crippen LogP contribution >= 0.6 is 0 Å². The van der Waals surface area contributed by atoms with Gasteiger partial charge in [-0.2, -0.15) is 0 Å². The summed E-state index contributed by atoms with van der Waals surface area (Å²) in [6.07, 6.45) is 2.64. The number of aliphatic carboxylic acids is 1. The smallest absolute Gasteiger partial charge is 0.326 e. The highest BCUT2D eigenvalue weighted by molar-refractivity contribution is 5.88. The normalized spacial score (nSPS) is 11.6. The van der Waals surface area contributed by atoms with E-state index in [1.807, 2.05) is 0 Å². The van der Waals surface area contributed by atoms with Gasteiger partial charge in [-0.3, -0.25) is 14.6 Å². The molecule has 2 amide bonds. The standard InChI is InChI=1S/C11H13N3O4/c12-9(15)6-8(11(17)18)14-10(16)5-7-1-3-13-4-2-7/h1-4,8H,5-6H2,(H2,12,15)(H,14,16)(H,17,18)/t8-/m0/s1. The Hall–Kier alpha value is -2.44. The fourth-order valence-corrected chi connectivity index (χ4v) is 1.33. The number of carbonyl (C=O) groups excluding carboxylic acids is 2. The van der Waals surface area contributed by atoms with Crippen LogP contribution in [0.4, 0.5) is 0 Å². The molecule has 0 aromatic carbocycles. The quantitative estimate of drug-likeness (QED) is 0.602. The lowest BCUT2D eigenvalue weighted by molar-refractivity contribution is -0.143. The maximum Gasteiger partial charge on any atom is 0.326 e. The van der Waals surface area contributed by atoms with Crippen LogP contribution in [0.3, 0.4) is 0 Å². The number of nitrogens with two attached hydrogens (primary N) is 1. The predicted octanol–water partition coefficient (Wildman–Crippen LogP) is -0.931. The summed E-state index contributed by atoms with van der Waals surface area (Å²) < 4.78 is 0. The summed E-state index contributed by atoms with van der Waals surface area (Å²) in [5.41, 5.74) is 5.60. The Morgan fingerprint density at radius 2 is 1.94 bits per heavy atom. The fraction of sp³-hybridized carbons (Fsp3) is 0.273. The van der Waals surface area contributed by atoms with Gasteiger partial charge in [-0.15, -0.1) is 0 Å². The van der Waals surface area contributed by atoms with Crippen LogP contribution in [0.5, 0.6) is 0 Å². The highest BCUT2D eigenvalue weighted by Crippen LogP contribution is 1.99. The molecule has 18 heavy (non-hydrogen) atoms. The van der Waals surface area contributed by atoms with Crippen LogP contribution in [0, 0.1) is 0 Å². The Morgan fingerprint density at radius 1 is 1.33 bits per heavy atom. The number of pyridine rings is 1. The molecular weight excluding hydrogens is 238 g/mol. The van der Waals surface area contributed by atoms with Gasteiger partial charge in [-0.25, -0.2) is 4.79 Å². The van der Waals surface area contributed by atoms with Crippen LogP contribution in [-0.2, 0) is 20.8 Å². The Balaban J connectivity index is 2.56. The summed E-state index contributed by atoms with van der Waals surface area (Å²) in [5, 5.41) is 11.0. The topological polar surface area (TPSA) is 122 Å². The van der Waals surface area contributed by atoms with Gasteiger partial charge in [0.1, 0.15) is 6.04 Å². The Kier molecular flexibility index (Phi) is 4.79. The lowest BCUT2D eigenvalue weighted by Gasteiger charge is -2.12. The molecule has 7 heteroatoms. The molecule has 1 atom stereocenters. The Morgan fingerprint density at radius 3 is 2.44 bits per heavy atom. The Labute approximate surface area is 103 Å². The van der Waals surface area contributed by atoms with Crippen LogP contribution in [0.2, 0.25) is 0 Å². The van der Waals surface area contributed by atoms with Gasteiger partial charge in [0.25, 0.3) is 0 Å². The van der Waals surface area contributed by atoms with E-state index in [0.717, 1.165) is 0 Å². The van der Waals surface area contributed by atoms with Crippen molar-refractivity contribution in [2.24, 2.45) is 5.73 Å². The van der Waals surface area contributed by atoms with Crippen molar-refractivity contribution in [3.63, 3.8) is 0 Å². The number of primary amides is 1. The average Bonchev–Trinajstić information content (AvgIpc) is 2.28. The van der Waals surface area contributed by atoms with E-state index in [1.54, 1.807) is 12.1 Å². The molecule has 0 fully saturated rings. The van der Waals surface area contributed by atoms with Crippen LogP contribution in [-0.4, -0.2) is 33.9 Å². The second-order valence-electron chi connectivity index (χ2n) is 3.66. The first kappa shape index (κ1) is 13.6. The fourth-order valence-electron chi connectivity index (χ4n) is 1.33. The second kappa shape index (κ2) is 6.33. The van der Waals surface area contributed by atoms with Crippen LogP contribution < -0.4 is 11.1 Å². The summed E-state index contributed by atoms with van der Waals surface area (Å²) in [4.78, 5) is 36.8. The lowest BCUT2D eigenvalue weighted by atomic mass is 10.1. The number of carboxylic acids is 1. The third kappa shape index (κ3) is 4.60. The van der Waals surface area contributed by atoms with E-state index in [0.29, 0.717) is 5.56 Å². The molecule has 1 aromatic heterocycles. The first-order valence-electron chi connectivity index (χ1n) is 5.18. The maximum absolute atomic E-state index is 11.6. The van der Waals surface area contributed by atoms with Crippen molar-refractivity contribution in [3.05, 3.63) is 30.1 Å². The summed E-state index contributed by atoms with van der Waals surface area (Å²) in [7, 11) is 0. The third-order valence-corrected chi connectivity index (χ3v) is 2.15. The van der Waals surface area contributed by atoms with E-state index in [1.165, 1.54) is 12.4 Å². The maximum atomic E-state index is 11.6. The number of nitrogens with zero attached hydrogens (tertiary/aromatic N) is 1. The summed E-state index contributed by atoms with van der Waals surface area (Å²) >= 11 is 0. The molecule has 96 valence electrons. The van der Waals surface area contributed by atoms with E-state index < -0.39 is 30.2 Å². The molecule has 1 rings (SSSR count). The van der Waals surface area contributed by atoms with Crippen LogP contribution in [0.15, 0.2) is 24.5 Å². The molecule has 0 radical (unpaired) electrons. The zero-order valence-electron chi connectivity index (χ0n) is 9.50. The van der Waals surface area contributed by atoms with E-state index >= 15 is 0 Å².